The van der Waals surface area contributed by atoms with Gasteiger partial charge in [-0.25, -0.2) is 4.79 Å². The first-order chi connectivity index (χ1) is 10.1. The highest BCUT2D eigenvalue weighted by Gasteiger charge is 2.23. The molecule has 0 spiro atoms. The number of carbonyl (C=O) groups is 1. The summed E-state index contributed by atoms with van der Waals surface area (Å²) in [5.41, 5.74) is 0. The number of piperazine rings is 1. The van der Waals surface area contributed by atoms with Gasteiger partial charge in [0.2, 0.25) is 5.89 Å². The number of unbranched alkanes of at least 4 members (excludes halogenated alkanes) is 1. The minimum Gasteiger partial charge on any atom is -0.338 e. The number of hydrogen-bond acceptors (Lipinski definition) is 5. The van der Waals surface area contributed by atoms with E-state index in [1.54, 1.807) is 19.0 Å². The Bertz CT molecular complexity index is 452. The summed E-state index contributed by atoms with van der Waals surface area (Å²) in [6, 6.07) is 0.0780. The molecule has 1 aliphatic heterocycles. The minimum atomic E-state index is 0.0780. The second-order valence-corrected chi connectivity index (χ2v) is 5.65. The van der Waals surface area contributed by atoms with Crippen LogP contribution in [0.1, 0.15) is 31.5 Å². The summed E-state index contributed by atoms with van der Waals surface area (Å²) in [6.07, 6.45) is 3.10. The van der Waals surface area contributed by atoms with Crippen molar-refractivity contribution in [3.8, 4) is 0 Å². The average molecular weight is 295 g/mol. The molecule has 1 fully saturated rings. The molecule has 0 unspecified atom stereocenters. The average Bonchev–Trinajstić information content (AvgIpc) is 2.92. The van der Waals surface area contributed by atoms with E-state index in [0.717, 1.165) is 51.3 Å². The fourth-order valence-corrected chi connectivity index (χ4v) is 2.36. The van der Waals surface area contributed by atoms with E-state index in [9.17, 15) is 4.79 Å². The Labute approximate surface area is 125 Å². The van der Waals surface area contributed by atoms with Crippen LogP contribution in [0.4, 0.5) is 4.79 Å². The summed E-state index contributed by atoms with van der Waals surface area (Å²) in [4.78, 5) is 22.0. The van der Waals surface area contributed by atoms with Gasteiger partial charge in [0.15, 0.2) is 5.82 Å². The standard InChI is InChI=1S/C14H25N5O2/c1-4-5-6-12-15-13(21-16-12)11-18-7-9-19(10-8-18)14(20)17(2)3/h4-11H2,1-3H3. The molecule has 1 aromatic rings. The highest BCUT2D eigenvalue weighted by Crippen LogP contribution is 2.09. The number of aromatic nitrogens is 2. The molecule has 1 aliphatic rings. The number of nitrogens with zero attached hydrogens (tertiary/aromatic N) is 5. The Morgan fingerprint density at radius 2 is 2.00 bits per heavy atom. The molecule has 2 heterocycles. The third kappa shape index (κ3) is 4.42. The molecular formula is C14H25N5O2. The monoisotopic (exact) mass is 295 g/mol. The molecule has 0 radical (unpaired) electrons. The van der Waals surface area contributed by atoms with Crippen molar-refractivity contribution in [2.24, 2.45) is 0 Å². The molecule has 1 saturated heterocycles. The van der Waals surface area contributed by atoms with E-state index in [2.05, 4.69) is 22.0 Å². The van der Waals surface area contributed by atoms with Gasteiger partial charge in [0, 0.05) is 46.7 Å². The SMILES string of the molecule is CCCCc1noc(CN2CCN(C(=O)N(C)C)CC2)n1. The summed E-state index contributed by atoms with van der Waals surface area (Å²) < 4.78 is 5.29. The Morgan fingerprint density at radius 3 is 2.62 bits per heavy atom. The molecule has 118 valence electrons. The van der Waals surface area contributed by atoms with Gasteiger partial charge in [-0.2, -0.15) is 4.98 Å². The lowest BCUT2D eigenvalue weighted by Crippen LogP contribution is -2.51. The van der Waals surface area contributed by atoms with Gasteiger partial charge >= 0.3 is 6.03 Å². The van der Waals surface area contributed by atoms with Crippen molar-refractivity contribution >= 4 is 6.03 Å². The van der Waals surface area contributed by atoms with E-state index in [1.807, 2.05) is 4.90 Å². The fourth-order valence-electron chi connectivity index (χ4n) is 2.36. The highest BCUT2D eigenvalue weighted by atomic mass is 16.5. The number of amides is 2. The third-order valence-corrected chi connectivity index (χ3v) is 3.65. The summed E-state index contributed by atoms with van der Waals surface area (Å²) in [5, 5.41) is 4.00. The molecule has 0 atom stereocenters. The van der Waals surface area contributed by atoms with Crippen molar-refractivity contribution in [3.05, 3.63) is 11.7 Å². The maximum atomic E-state index is 11.9. The van der Waals surface area contributed by atoms with Gasteiger partial charge in [-0.05, 0) is 6.42 Å². The van der Waals surface area contributed by atoms with Crippen molar-refractivity contribution in [1.82, 2.24) is 24.8 Å². The van der Waals surface area contributed by atoms with Gasteiger partial charge in [-0.1, -0.05) is 18.5 Å². The molecule has 2 amide bonds. The van der Waals surface area contributed by atoms with Crippen molar-refractivity contribution in [1.29, 1.82) is 0 Å². The van der Waals surface area contributed by atoms with E-state index in [1.165, 1.54) is 0 Å². The van der Waals surface area contributed by atoms with Crippen LogP contribution in [-0.4, -0.2) is 71.1 Å². The number of urea groups is 1. The summed E-state index contributed by atoms with van der Waals surface area (Å²) in [6.45, 7) is 5.98. The molecule has 7 heteroatoms. The predicted molar refractivity (Wildman–Crippen MR) is 78.8 cm³/mol. The van der Waals surface area contributed by atoms with Crippen molar-refractivity contribution in [3.63, 3.8) is 0 Å². The third-order valence-electron chi connectivity index (χ3n) is 3.65. The molecule has 0 bridgehead atoms. The molecule has 0 saturated carbocycles. The van der Waals surface area contributed by atoms with E-state index in [4.69, 9.17) is 4.52 Å². The molecule has 21 heavy (non-hydrogen) atoms. The number of carbonyl (C=O) groups excluding carboxylic acids is 1. The zero-order valence-electron chi connectivity index (χ0n) is 13.2. The first kappa shape index (κ1) is 15.8. The molecule has 0 aromatic carbocycles. The van der Waals surface area contributed by atoms with Crippen LogP contribution in [-0.2, 0) is 13.0 Å². The van der Waals surface area contributed by atoms with Gasteiger partial charge in [-0.15, -0.1) is 0 Å². The Hall–Kier alpha value is -1.63. The summed E-state index contributed by atoms with van der Waals surface area (Å²) in [5.74, 6) is 1.47. The highest BCUT2D eigenvalue weighted by molar-refractivity contribution is 5.73. The predicted octanol–water partition coefficient (Wildman–Crippen LogP) is 1.21. The van der Waals surface area contributed by atoms with Crippen LogP contribution < -0.4 is 0 Å². The lowest BCUT2D eigenvalue weighted by Gasteiger charge is -2.35. The van der Waals surface area contributed by atoms with Crippen LogP contribution in [0, 0.1) is 0 Å². The summed E-state index contributed by atoms with van der Waals surface area (Å²) >= 11 is 0. The maximum absolute atomic E-state index is 11.9. The second kappa shape index (κ2) is 7.40. The van der Waals surface area contributed by atoms with E-state index in [-0.39, 0.29) is 6.03 Å². The molecule has 0 N–H and O–H groups in total. The first-order valence-corrected chi connectivity index (χ1v) is 7.60. The first-order valence-electron chi connectivity index (χ1n) is 7.60. The topological polar surface area (TPSA) is 65.7 Å². The van der Waals surface area contributed by atoms with Crippen LogP contribution in [0.2, 0.25) is 0 Å². The molecule has 1 aromatic heterocycles. The van der Waals surface area contributed by atoms with Gasteiger partial charge in [0.05, 0.1) is 6.54 Å². The normalized spacial score (nSPS) is 16.2. The van der Waals surface area contributed by atoms with Crippen LogP contribution in [0.3, 0.4) is 0 Å². The van der Waals surface area contributed by atoms with E-state index >= 15 is 0 Å². The van der Waals surface area contributed by atoms with Crippen LogP contribution in [0.25, 0.3) is 0 Å². The lowest BCUT2D eigenvalue weighted by atomic mass is 10.2. The zero-order valence-corrected chi connectivity index (χ0v) is 13.2. The van der Waals surface area contributed by atoms with Crippen molar-refractivity contribution in [2.45, 2.75) is 32.7 Å². The van der Waals surface area contributed by atoms with Gasteiger partial charge in [-0.3, -0.25) is 4.90 Å². The van der Waals surface area contributed by atoms with E-state index in [0.29, 0.717) is 12.4 Å². The van der Waals surface area contributed by atoms with Crippen molar-refractivity contribution < 1.29 is 9.32 Å². The molecule has 2 rings (SSSR count). The molecular weight excluding hydrogens is 270 g/mol. The number of hydrogen-bond donors (Lipinski definition) is 0. The Morgan fingerprint density at radius 1 is 1.29 bits per heavy atom. The Balaban J connectivity index is 1.78. The zero-order chi connectivity index (χ0) is 15.2. The molecule has 0 aliphatic carbocycles. The largest absolute Gasteiger partial charge is 0.338 e. The fraction of sp³-hybridized carbons (Fsp3) is 0.786. The number of rotatable bonds is 5. The minimum absolute atomic E-state index is 0.0780. The lowest BCUT2D eigenvalue weighted by molar-refractivity contribution is 0.113. The van der Waals surface area contributed by atoms with E-state index < -0.39 is 0 Å². The maximum Gasteiger partial charge on any atom is 0.319 e. The van der Waals surface area contributed by atoms with Gasteiger partial charge in [0.25, 0.3) is 0 Å². The quantitative estimate of drug-likeness (QED) is 0.817. The van der Waals surface area contributed by atoms with Crippen LogP contribution >= 0.6 is 0 Å². The van der Waals surface area contributed by atoms with Crippen LogP contribution in [0.5, 0.6) is 0 Å². The summed E-state index contributed by atoms with van der Waals surface area (Å²) in [7, 11) is 3.57. The smallest absolute Gasteiger partial charge is 0.319 e. The van der Waals surface area contributed by atoms with Gasteiger partial charge in [0.1, 0.15) is 0 Å². The number of aryl methyl sites for hydroxylation is 1. The van der Waals surface area contributed by atoms with Crippen molar-refractivity contribution in [2.75, 3.05) is 40.3 Å². The Kier molecular flexibility index (Phi) is 5.55. The van der Waals surface area contributed by atoms with Crippen LogP contribution in [0.15, 0.2) is 4.52 Å². The molecule has 7 nitrogen and oxygen atoms in total. The van der Waals surface area contributed by atoms with Gasteiger partial charge < -0.3 is 14.3 Å². The second-order valence-electron chi connectivity index (χ2n) is 5.65.